The van der Waals surface area contributed by atoms with E-state index in [9.17, 15) is 9.59 Å². The molecule has 2 N–H and O–H groups in total. The second-order valence-electron chi connectivity index (χ2n) is 7.61. The number of aromatic nitrogens is 2. The molecule has 1 amide bonds. The van der Waals surface area contributed by atoms with Crippen molar-refractivity contribution in [2.75, 3.05) is 24.5 Å². The van der Waals surface area contributed by atoms with Crippen molar-refractivity contribution in [1.82, 2.24) is 15.3 Å². The monoisotopic (exact) mass is 410 g/mol. The Kier molecular flexibility index (Phi) is 5.67. The molecular formula is C22H26N4O2S. The minimum absolute atomic E-state index is 0.0744. The molecule has 0 bridgehead atoms. The summed E-state index contributed by atoms with van der Waals surface area (Å²) >= 11 is 1.43. The molecule has 1 aliphatic heterocycles. The molecule has 152 valence electrons. The zero-order valence-corrected chi connectivity index (χ0v) is 17.6. The lowest BCUT2D eigenvalue weighted by atomic mass is 9.97. The summed E-state index contributed by atoms with van der Waals surface area (Å²) in [5.74, 6) is 0.578. The maximum atomic E-state index is 12.7. The lowest BCUT2D eigenvalue weighted by Crippen LogP contribution is -2.44. The fourth-order valence-corrected chi connectivity index (χ4v) is 4.81. The normalized spacial score (nSPS) is 16.9. The molecule has 7 heteroatoms. The number of aryl methyl sites for hydroxylation is 1. The SMILES string of the molecule is CCCNC(=O)[C@H]1CCCN(c2nc3c(-c4ccccc4C)csc3c(=O)[nH]2)C1. The number of hydrogen-bond acceptors (Lipinski definition) is 5. The van der Waals surface area contributed by atoms with Crippen molar-refractivity contribution in [3.05, 3.63) is 45.6 Å². The Labute approximate surface area is 174 Å². The predicted octanol–water partition coefficient (Wildman–Crippen LogP) is 3.70. The number of rotatable bonds is 5. The lowest BCUT2D eigenvalue weighted by molar-refractivity contribution is -0.125. The van der Waals surface area contributed by atoms with Crippen LogP contribution in [0.3, 0.4) is 0 Å². The first-order valence-corrected chi connectivity index (χ1v) is 11.1. The van der Waals surface area contributed by atoms with E-state index in [-0.39, 0.29) is 17.4 Å². The number of thiophene rings is 1. The van der Waals surface area contributed by atoms with Crippen molar-refractivity contribution < 1.29 is 4.79 Å². The first kappa shape index (κ1) is 19.6. The number of H-pyrrole nitrogens is 1. The van der Waals surface area contributed by atoms with Crippen molar-refractivity contribution >= 4 is 33.4 Å². The van der Waals surface area contributed by atoms with E-state index in [1.54, 1.807) is 0 Å². The number of nitrogens with one attached hydrogen (secondary N) is 2. The van der Waals surface area contributed by atoms with Crippen molar-refractivity contribution in [1.29, 1.82) is 0 Å². The Morgan fingerprint density at radius 1 is 1.34 bits per heavy atom. The molecular weight excluding hydrogens is 384 g/mol. The summed E-state index contributed by atoms with van der Waals surface area (Å²) in [7, 11) is 0. The van der Waals surface area contributed by atoms with E-state index in [1.165, 1.54) is 11.3 Å². The Balaban J connectivity index is 1.68. The average molecular weight is 411 g/mol. The average Bonchev–Trinajstić information content (AvgIpc) is 3.17. The van der Waals surface area contributed by atoms with E-state index in [4.69, 9.17) is 4.98 Å². The van der Waals surface area contributed by atoms with Crippen molar-refractivity contribution in [3.63, 3.8) is 0 Å². The largest absolute Gasteiger partial charge is 0.356 e. The number of piperidine rings is 1. The lowest BCUT2D eigenvalue weighted by Gasteiger charge is -2.32. The van der Waals surface area contributed by atoms with Gasteiger partial charge in [0, 0.05) is 30.6 Å². The van der Waals surface area contributed by atoms with Crippen LogP contribution >= 0.6 is 11.3 Å². The first-order chi connectivity index (χ1) is 14.1. The third-order valence-corrected chi connectivity index (χ3v) is 6.46. The molecule has 4 rings (SSSR count). The number of anilines is 1. The molecule has 29 heavy (non-hydrogen) atoms. The Morgan fingerprint density at radius 2 is 2.17 bits per heavy atom. The van der Waals surface area contributed by atoms with Crippen LogP contribution < -0.4 is 15.8 Å². The molecule has 0 saturated carbocycles. The number of fused-ring (bicyclic) bond motifs is 1. The molecule has 0 radical (unpaired) electrons. The molecule has 1 aromatic carbocycles. The van der Waals surface area contributed by atoms with Crippen LogP contribution in [0, 0.1) is 12.8 Å². The Hall–Kier alpha value is -2.67. The van der Waals surface area contributed by atoms with Crippen LogP contribution in [-0.4, -0.2) is 35.5 Å². The molecule has 6 nitrogen and oxygen atoms in total. The highest BCUT2D eigenvalue weighted by Crippen LogP contribution is 2.33. The number of benzene rings is 1. The van der Waals surface area contributed by atoms with E-state index in [0.717, 1.165) is 48.0 Å². The van der Waals surface area contributed by atoms with Gasteiger partial charge in [-0.25, -0.2) is 4.98 Å². The van der Waals surface area contributed by atoms with E-state index < -0.39 is 0 Å². The van der Waals surface area contributed by atoms with Crippen LogP contribution in [-0.2, 0) is 4.79 Å². The molecule has 0 unspecified atom stereocenters. The van der Waals surface area contributed by atoms with Crippen LogP contribution in [0.2, 0.25) is 0 Å². The number of carbonyl (C=O) groups excluding carboxylic acids is 1. The number of amides is 1. The summed E-state index contributed by atoms with van der Waals surface area (Å²) < 4.78 is 0.640. The van der Waals surface area contributed by atoms with Crippen LogP contribution in [0.25, 0.3) is 21.3 Å². The third-order valence-electron chi connectivity index (χ3n) is 5.49. The van der Waals surface area contributed by atoms with Crippen LogP contribution in [0.15, 0.2) is 34.4 Å². The van der Waals surface area contributed by atoms with Crippen molar-refractivity contribution in [2.45, 2.75) is 33.1 Å². The number of nitrogens with zero attached hydrogens (tertiary/aromatic N) is 2. The van der Waals surface area contributed by atoms with E-state index in [1.807, 2.05) is 29.3 Å². The van der Waals surface area contributed by atoms with Gasteiger partial charge in [0.1, 0.15) is 4.70 Å². The molecule has 2 aromatic heterocycles. The highest BCUT2D eigenvalue weighted by Gasteiger charge is 2.27. The molecule has 0 spiro atoms. The van der Waals surface area contributed by atoms with Gasteiger partial charge < -0.3 is 10.2 Å². The summed E-state index contributed by atoms with van der Waals surface area (Å²) in [6, 6.07) is 8.14. The molecule has 1 saturated heterocycles. The summed E-state index contributed by atoms with van der Waals surface area (Å²) in [5.41, 5.74) is 3.86. The highest BCUT2D eigenvalue weighted by atomic mass is 32.1. The topological polar surface area (TPSA) is 78.1 Å². The number of hydrogen-bond donors (Lipinski definition) is 2. The second-order valence-corrected chi connectivity index (χ2v) is 8.49. The highest BCUT2D eigenvalue weighted by molar-refractivity contribution is 7.17. The minimum Gasteiger partial charge on any atom is -0.356 e. The zero-order valence-electron chi connectivity index (χ0n) is 16.8. The van der Waals surface area contributed by atoms with Gasteiger partial charge in [-0.3, -0.25) is 14.6 Å². The van der Waals surface area contributed by atoms with Gasteiger partial charge in [-0.05, 0) is 37.3 Å². The third kappa shape index (κ3) is 3.92. The number of aromatic amines is 1. The maximum Gasteiger partial charge on any atom is 0.270 e. The molecule has 1 fully saturated rings. The maximum absolute atomic E-state index is 12.7. The minimum atomic E-state index is -0.118. The van der Waals surface area contributed by atoms with Gasteiger partial charge in [0.05, 0.1) is 11.4 Å². The second kappa shape index (κ2) is 8.37. The van der Waals surface area contributed by atoms with Crippen LogP contribution in [0.4, 0.5) is 5.95 Å². The van der Waals surface area contributed by atoms with Gasteiger partial charge in [-0.15, -0.1) is 11.3 Å². The van der Waals surface area contributed by atoms with Crippen LogP contribution in [0.1, 0.15) is 31.7 Å². The van der Waals surface area contributed by atoms with Crippen molar-refractivity contribution in [3.8, 4) is 11.1 Å². The fourth-order valence-electron chi connectivity index (χ4n) is 3.91. The molecule has 1 aliphatic rings. The fraction of sp³-hybridized carbons (Fsp3) is 0.409. The molecule has 1 atom stereocenters. The van der Waals surface area contributed by atoms with Gasteiger partial charge in [-0.1, -0.05) is 31.2 Å². The van der Waals surface area contributed by atoms with Gasteiger partial charge in [0.25, 0.3) is 5.56 Å². The first-order valence-electron chi connectivity index (χ1n) is 10.2. The summed E-state index contributed by atoms with van der Waals surface area (Å²) in [6.45, 7) is 6.18. The van der Waals surface area contributed by atoms with Gasteiger partial charge in [0.15, 0.2) is 0 Å². The summed E-state index contributed by atoms with van der Waals surface area (Å²) in [4.78, 5) is 35.0. The quantitative estimate of drug-likeness (QED) is 0.672. The standard InChI is InChI=1S/C22H26N4O2S/c1-3-10-23-20(27)15-8-6-11-26(12-15)22-24-18-17(13-29-19(18)21(28)25-22)16-9-5-4-7-14(16)2/h4-5,7,9,13,15H,3,6,8,10-12H2,1-2H3,(H,23,27)(H,24,25,28)/t15-/m0/s1. The Morgan fingerprint density at radius 3 is 2.97 bits per heavy atom. The van der Waals surface area contributed by atoms with Gasteiger partial charge in [0.2, 0.25) is 11.9 Å². The van der Waals surface area contributed by atoms with E-state index >= 15 is 0 Å². The molecule has 0 aliphatic carbocycles. The predicted molar refractivity (Wildman–Crippen MR) is 119 cm³/mol. The van der Waals surface area contributed by atoms with Gasteiger partial charge >= 0.3 is 0 Å². The van der Waals surface area contributed by atoms with E-state index in [2.05, 4.69) is 29.4 Å². The van der Waals surface area contributed by atoms with Gasteiger partial charge in [-0.2, -0.15) is 0 Å². The van der Waals surface area contributed by atoms with Crippen LogP contribution in [0.5, 0.6) is 0 Å². The zero-order chi connectivity index (χ0) is 20.4. The smallest absolute Gasteiger partial charge is 0.270 e. The summed E-state index contributed by atoms with van der Waals surface area (Å²) in [5, 5.41) is 5.00. The molecule has 3 aromatic rings. The number of carbonyl (C=O) groups is 1. The van der Waals surface area contributed by atoms with E-state index in [0.29, 0.717) is 23.7 Å². The Bertz CT molecular complexity index is 1090. The molecule has 3 heterocycles. The van der Waals surface area contributed by atoms with Crippen molar-refractivity contribution in [2.24, 2.45) is 5.92 Å². The summed E-state index contributed by atoms with van der Waals surface area (Å²) in [6.07, 6.45) is 2.69.